The molecule has 35 heavy (non-hydrogen) atoms. The van der Waals surface area contributed by atoms with E-state index in [-0.39, 0.29) is 28.4 Å². The molecular formula is C25H24N2O7S. The number of nitrogens with one attached hydrogen (secondary N) is 2. The van der Waals surface area contributed by atoms with Gasteiger partial charge in [-0.15, -0.1) is 0 Å². The number of benzene rings is 3. The van der Waals surface area contributed by atoms with Gasteiger partial charge < -0.3 is 14.8 Å². The molecule has 1 unspecified atom stereocenters. The van der Waals surface area contributed by atoms with Crippen LogP contribution in [0.25, 0.3) is 0 Å². The maximum absolute atomic E-state index is 13.3. The van der Waals surface area contributed by atoms with E-state index in [1.807, 2.05) is 30.3 Å². The first-order chi connectivity index (χ1) is 16.7. The van der Waals surface area contributed by atoms with Gasteiger partial charge >= 0.3 is 11.9 Å². The third kappa shape index (κ3) is 5.85. The van der Waals surface area contributed by atoms with Crippen molar-refractivity contribution in [3.05, 3.63) is 95.1 Å². The van der Waals surface area contributed by atoms with E-state index in [9.17, 15) is 22.8 Å². The van der Waals surface area contributed by atoms with E-state index in [4.69, 9.17) is 0 Å². The number of carbonyl (C=O) groups is 3. The molecule has 10 heteroatoms. The highest BCUT2D eigenvalue weighted by atomic mass is 32.2. The van der Waals surface area contributed by atoms with Crippen LogP contribution in [0.1, 0.15) is 49.6 Å². The zero-order chi connectivity index (χ0) is 25.6. The largest absolute Gasteiger partial charge is 0.465 e. The monoisotopic (exact) mass is 496 g/mol. The molecule has 3 aromatic carbocycles. The summed E-state index contributed by atoms with van der Waals surface area (Å²) >= 11 is 0. The van der Waals surface area contributed by atoms with E-state index in [0.717, 1.165) is 31.9 Å². The normalized spacial score (nSPS) is 11.7. The van der Waals surface area contributed by atoms with Gasteiger partial charge in [0.15, 0.2) is 0 Å². The summed E-state index contributed by atoms with van der Waals surface area (Å²) in [7, 11) is -2.19. The fourth-order valence-electron chi connectivity index (χ4n) is 3.34. The Morgan fingerprint density at radius 1 is 0.800 bits per heavy atom. The molecule has 0 saturated carbocycles. The summed E-state index contributed by atoms with van der Waals surface area (Å²) in [6, 6.07) is 18.4. The van der Waals surface area contributed by atoms with Gasteiger partial charge in [0.1, 0.15) is 4.90 Å². The second kappa shape index (κ2) is 10.8. The number of hydrogen-bond donors (Lipinski definition) is 2. The van der Waals surface area contributed by atoms with E-state index in [1.54, 1.807) is 19.1 Å². The van der Waals surface area contributed by atoms with Crippen LogP contribution in [0.15, 0.2) is 77.7 Å². The number of rotatable bonds is 8. The molecule has 0 spiro atoms. The Bertz CT molecular complexity index is 1360. The van der Waals surface area contributed by atoms with Crippen LogP contribution in [-0.2, 0) is 19.5 Å². The maximum atomic E-state index is 13.3. The van der Waals surface area contributed by atoms with Crippen LogP contribution < -0.4 is 10.0 Å². The first-order valence-electron chi connectivity index (χ1n) is 10.5. The van der Waals surface area contributed by atoms with Gasteiger partial charge in [0.25, 0.3) is 15.9 Å². The van der Waals surface area contributed by atoms with Crippen LogP contribution in [0, 0.1) is 0 Å². The van der Waals surface area contributed by atoms with Gasteiger partial charge in [-0.25, -0.2) is 18.0 Å². The Balaban J connectivity index is 1.97. The van der Waals surface area contributed by atoms with Gasteiger partial charge in [-0.05, 0) is 42.8 Å². The van der Waals surface area contributed by atoms with Gasteiger partial charge in [-0.3, -0.25) is 9.52 Å². The lowest BCUT2D eigenvalue weighted by Crippen LogP contribution is -2.28. The predicted octanol–water partition coefficient (Wildman–Crippen LogP) is 3.55. The van der Waals surface area contributed by atoms with Crippen molar-refractivity contribution >= 4 is 33.6 Å². The molecule has 182 valence electrons. The summed E-state index contributed by atoms with van der Waals surface area (Å²) < 4.78 is 38.3. The number of esters is 2. The predicted molar refractivity (Wildman–Crippen MR) is 129 cm³/mol. The van der Waals surface area contributed by atoms with Crippen LogP contribution in [0.3, 0.4) is 0 Å². The average molecular weight is 497 g/mol. The van der Waals surface area contributed by atoms with Crippen molar-refractivity contribution in [2.24, 2.45) is 0 Å². The Kier molecular flexibility index (Phi) is 7.87. The molecule has 0 aromatic heterocycles. The van der Waals surface area contributed by atoms with Crippen molar-refractivity contribution in [2.75, 3.05) is 18.9 Å². The summed E-state index contributed by atoms with van der Waals surface area (Å²) in [6.45, 7) is 1.81. The molecule has 0 radical (unpaired) electrons. The lowest BCUT2D eigenvalue weighted by molar-refractivity contribution is 0.0583. The summed E-state index contributed by atoms with van der Waals surface area (Å²) in [5.41, 5.74) is 0.573. The Labute approximate surface area is 203 Å². The molecule has 0 aliphatic rings. The van der Waals surface area contributed by atoms with Gasteiger partial charge in [0.2, 0.25) is 0 Å². The molecule has 2 N–H and O–H groups in total. The molecule has 0 bridgehead atoms. The second-order valence-electron chi connectivity index (χ2n) is 7.45. The van der Waals surface area contributed by atoms with E-state index >= 15 is 0 Å². The summed E-state index contributed by atoms with van der Waals surface area (Å²) in [5.74, 6) is -2.20. The molecule has 9 nitrogen and oxygen atoms in total. The van der Waals surface area contributed by atoms with Crippen LogP contribution in [-0.4, -0.2) is 40.5 Å². The third-order valence-electron chi connectivity index (χ3n) is 5.16. The molecule has 0 aliphatic heterocycles. The van der Waals surface area contributed by atoms with Crippen molar-refractivity contribution < 1.29 is 32.3 Å². The zero-order valence-corrected chi connectivity index (χ0v) is 20.1. The summed E-state index contributed by atoms with van der Waals surface area (Å²) in [6.07, 6.45) is 0. The Morgan fingerprint density at radius 3 is 2.09 bits per heavy atom. The Morgan fingerprint density at radius 2 is 1.43 bits per heavy atom. The molecule has 0 fully saturated rings. The fraction of sp³-hybridized carbons (Fsp3) is 0.160. The van der Waals surface area contributed by atoms with Gasteiger partial charge in [-0.1, -0.05) is 42.5 Å². The van der Waals surface area contributed by atoms with E-state index in [1.165, 1.54) is 18.2 Å². The van der Waals surface area contributed by atoms with Crippen molar-refractivity contribution in [2.45, 2.75) is 17.9 Å². The van der Waals surface area contributed by atoms with Crippen molar-refractivity contribution in [1.29, 1.82) is 0 Å². The minimum atomic E-state index is -4.44. The number of amides is 1. The summed E-state index contributed by atoms with van der Waals surface area (Å²) in [4.78, 5) is 36.7. The van der Waals surface area contributed by atoms with Gasteiger partial charge in [0, 0.05) is 0 Å². The molecular weight excluding hydrogens is 472 g/mol. The third-order valence-corrected chi connectivity index (χ3v) is 6.57. The van der Waals surface area contributed by atoms with Crippen LogP contribution >= 0.6 is 0 Å². The maximum Gasteiger partial charge on any atom is 0.339 e. The van der Waals surface area contributed by atoms with Gasteiger partial charge in [0.05, 0.1) is 42.6 Å². The number of sulfonamides is 1. The molecule has 1 atom stereocenters. The molecule has 3 aromatic rings. The highest BCUT2D eigenvalue weighted by molar-refractivity contribution is 7.92. The van der Waals surface area contributed by atoms with E-state index in [0.29, 0.717) is 0 Å². The van der Waals surface area contributed by atoms with Crippen molar-refractivity contribution in [3.63, 3.8) is 0 Å². The molecule has 0 aliphatic carbocycles. The topological polar surface area (TPSA) is 128 Å². The SMILES string of the molecule is COC(=O)c1ccc(C(=O)OC)c(S(=O)(=O)Nc2ccccc2C(=O)NC(C)c2ccccc2)c1. The molecule has 0 heterocycles. The first kappa shape index (κ1) is 25.4. The van der Waals surface area contributed by atoms with E-state index in [2.05, 4.69) is 19.5 Å². The zero-order valence-electron chi connectivity index (χ0n) is 19.3. The second-order valence-corrected chi connectivity index (χ2v) is 9.10. The standard InChI is InChI=1S/C25H24N2O7S/c1-16(17-9-5-4-6-10-17)26-23(28)19-11-7-8-12-21(19)27-35(31,32)22-15-18(24(29)33-2)13-14-20(22)25(30)34-3/h4-16,27H,1-3H3,(H,26,28). The van der Waals surface area contributed by atoms with Crippen LogP contribution in [0.5, 0.6) is 0 Å². The number of ether oxygens (including phenoxy) is 2. The number of hydrogen-bond acceptors (Lipinski definition) is 7. The van der Waals surface area contributed by atoms with Crippen molar-refractivity contribution in [3.8, 4) is 0 Å². The smallest absolute Gasteiger partial charge is 0.339 e. The number of carbonyl (C=O) groups excluding carboxylic acids is 3. The lowest BCUT2D eigenvalue weighted by atomic mass is 10.1. The minimum Gasteiger partial charge on any atom is -0.465 e. The first-order valence-corrected chi connectivity index (χ1v) is 11.9. The Hall–Kier alpha value is -4.18. The molecule has 0 saturated heterocycles. The van der Waals surface area contributed by atoms with Crippen LogP contribution in [0.2, 0.25) is 0 Å². The lowest BCUT2D eigenvalue weighted by Gasteiger charge is -2.17. The average Bonchev–Trinajstić information content (AvgIpc) is 2.87. The molecule has 3 rings (SSSR count). The fourth-order valence-corrected chi connectivity index (χ4v) is 4.64. The number of para-hydroxylation sites is 1. The number of methoxy groups -OCH3 is 2. The highest BCUT2D eigenvalue weighted by Crippen LogP contribution is 2.25. The van der Waals surface area contributed by atoms with Crippen LogP contribution in [0.4, 0.5) is 5.69 Å². The summed E-state index contributed by atoms with van der Waals surface area (Å²) in [5, 5.41) is 2.84. The van der Waals surface area contributed by atoms with Crippen molar-refractivity contribution in [1.82, 2.24) is 5.32 Å². The minimum absolute atomic E-state index is 0.00968. The van der Waals surface area contributed by atoms with E-state index < -0.39 is 32.8 Å². The quantitative estimate of drug-likeness (QED) is 0.457. The molecule has 1 amide bonds. The highest BCUT2D eigenvalue weighted by Gasteiger charge is 2.27. The number of anilines is 1. The van der Waals surface area contributed by atoms with Gasteiger partial charge in [-0.2, -0.15) is 0 Å².